The Morgan fingerprint density at radius 2 is 2.44 bits per heavy atom. The summed E-state index contributed by atoms with van der Waals surface area (Å²) in [6.07, 6.45) is 2.62. The Kier molecular flexibility index (Phi) is 2.72. The van der Waals surface area contributed by atoms with E-state index in [0.717, 1.165) is 19.3 Å². The topological polar surface area (TPSA) is 120 Å². The number of aromatic amines is 1. The molecule has 16 heavy (non-hydrogen) atoms. The van der Waals surface area contributed by atoms with Gasteiger partial charge in [-0.3, -0.25) is 9.89 Å². The van der Waals surface area contributed by atoms with Crippen LogP contribution >= 0.6 is 0 Å². The van der Waals surface area contributed by atoms with Gasteiger partial charge in [0.1, 0.15) is 0 Å². The highest BCUT2D eigenvalue weighted by atomic mass is 16.2. The summed E-state index contributed by atoms with van der Waals surface area (Å²) in [7, 11) is 0. The quantitative estimate of drug-likeness (QED) is 0.637. The van der Waals surface area contributed by atoms with Gasteiger partial charge in [0.05, 0.1) is 12.0 Å². The fourth-order valence-electron chi connectivity index (χ4n) is 1.90. The number of rotatable bonds is 2. The Labute approximate surface area is 92.0 Å². The molecule has 7 nitrogen and oxygen atoms in total. The number of carbonyl (C=O) groups is 1. The van der Waals surface area contributed by atoms with Crippen molar-refractivity contribution in [1.82, 2.24) is 20.5 Å². The molecule has 1 fully saturated rings. The van der Waals surface area contributed by atoms with Gasteiger partial charge in [0.15, 0.2) is 0 Å². The second-order valence-electron chi connectivity index (χ2n) is 3.79. The van der Waals surface area contributed by atoms with Gasteiger partial charge in [0.25, 0.3) is 5.91 Å². The fraction of sp³-hybridized carbons (Fsp3) is 0.556. The highest BCUT2D eigenvalue weighted by Gasteiger charge is 2.29. The molecule has 0 bridgehead atoms. The maximum atomic E-state index is 11.7. The van der Waals surface area contributed by atoms with Gasteiger partial charge in [-0.05, 0) is 19.3 Å². The minimum absolute atomic E-state index is 0.0356. The summed E-state index contributed by atoms with van der Waals surface area (Å²) in [5.74, 6) is -0.352. The number of nitriles is 1. The summed E-state index contributed by atoms with van der Waals surface area (Å²) in [6, 6.07) is 2.10. The van der Waals surface area contributed by atoms with Gasteiger partial charge < -0.3 is 11.1 Å². The first-order valence-corrected chi connectivity index (χ1v) is 5.09. The lowest BCUT2D eigenvalue weighted by Crippen LogP contribution is -2.37. The van der Waals surface area contributed by atoms with E-state index in [1.54, 1.807) is 0 Å². The van der Waals surface area contributed by atoms with Gasteiger partial charge in [-0.2, -0.15) is 10.2 Å². The van der Waals surface area contributed by atoms with E-state index in [0.29, 0.717) is 0 Å². The standard InChI is InChI=1S/C9H12N6O/c10-4-5-2-1-3-6(5)12-8(16)7-13-9(11)15-14-7/h5-6H,1-3H2,(H,12,16)(H3,11,13,14,15). The van der Waals surface area contributed by atoms with E-state index in [4.69, 9.17) is 11.0 Å². The zero-order valence-electron chi connectivity index (χ0n) is 8.60. The van der Waals surface area contributed by atoms with Crippen LogP contribution in [0.4, 0.5) is 5.95 Å². The summed E-state index contributed by atoms with van der Waals surface area (Å²) in [5.41, 5.74) is 5.29. The molecule has 0 aliphatic heterocycles. The largest absolute Gasteiger partial charge is 0.366 e. The maximum Gasteiger partial charge on any atom is 0.288 e. The molecule has 1 amide bonds. The van der Waals surface area contributed by atoms with Crippen molar-refractivity contribution < 1.29 is 4.79 Å². The van der Waals surface area contributed by atoms with Gasteiger partial charge in [-0.1, -0.05) is 0 Å². The first kappa shape index (κ1) is 10.4. The Bertz CT molecular complexity index is 433. The van der Waals surface area contributed by atoms with Crippen LogP contribution in [0.5, 0.6) is 0 Å². The minimum atomic E-state index is -0.364. The van der Waals surface area contributed by atoms with Crippen LogP contribution in [0, 0.1) is 17.2 Å². The van der Waals surface area contributed by atoms with Crippen LogP contribution < -0.4 is 11.1 Å². The molecule has 7 heteroatoms. The van der Waals surface area contributed by atoms with Gasteiger partial charge in [0.2, 0.25) is 11.8 Å². The van der Waals surface area contributed by atoms with Gasteiger partial charge in [-0.15, -0.1) is 5.10 Å². The minimum Gasteiger partial charge on any atom is -0.366 e. The first-order valence-electron chi connectivity index (χ1n) is 5.09. The highest BCUT2D eigenvalue weighted by Crippen LogP contribution is 2.24. The van der Waals surface area contributed by atoms with Crippen LogP contribution in [-0.2, 0) is 0 Å². The average molecular weight is 220 g/mol. The van der Waals surface area contributed by atoms with E-state index in [9.17, 15) is 4.79 Å². The summed E-state index contributed by atoms with van der Waals surface area (Å²) in [5, 5.41) is 17.6. The molecule has 0 saturated heterocycles. The number of aromatic nitrogens is 3. The molecule has 1 aromatic rings. The smallest absolute Gasteiger partial charge is 0.288 e. The molecule has 1 aliphatic carbocycles. The second-order valence-corrected chi connectivity index (χ2v) is 3.79. The highest BCUT2D eigenvalue weighted by molar-refractivity contribution is 5.90. The lowest BCUT2D eigenvalue weighted by Gasteiger charge is -2.13. The van der Waals surface area contributed by atoms with E-state index >= 15 is 0 Å². The molecule has 84 valence electrons. The third kappa shape index (κ3) is 1.95. The molecule has 0 spiro atoms. The maximum absolute atomic E-state index is 11.7. The average Bonchev–Trinajstić information content (AvgIpc) is 2.86. The number of amides is 1. The molecule has 2 rings (SSSR count). The first-order chi connectivity index (χ1) is 7.70. The summed E-state index contributed by atoms with van der Waals surface area (Å²) in [4.78, 5) is 15.4. The van der Waals surface area contributed by atoms with E-state index in [1.807, 2.05) is 0 Å². The number of anilines is 1. The molecular weight excluding hydrogens is 208 g/mol. The lowest BCUT2D eigenvalue weighted by atomic mass is 10.1. The van der Waals surface area contributed by atoms with E-state index in [-0.39, 0.29) is 29.6 Å². The van der Waals surface area contributed by atoms with Gasteiger partial charge in [0, 0.05) is 6.04 Å². The van der Waals surface area contributed by atoms with Crippen molar-refractivity contribution in [2.45, 2.75) is 25.3 Å². The number of nitrogens with two attached hydrogens (primary N) is 1. The van der Waals surface area contributed by atoms with Crippen molar-refractivity contribution in [3.63, 3.8) is 0 Å². The number of nitrogen functional groups attached to an aromatic ring is 1. The zero-order valence-corrected chi connectivity index (χ0v) is 8.60. The second kappa shape index (κ2) is 4.18. The van der Waals surface area contributed by atoms with E-state index in [1.165, 1.54) is 0 Å². The van der Waals surface area contributed by atoms with Crippen LogP contribution in [-0.4, -0.2) is 27.1 Å². The zero-order chi connectivity index (χ0) is 11.5. The molecule has 4 N–H and O–H groups in total. The monoisotopic (exact) mass is 220 g/mol. The molecule has 1 aliphatic rings. The number of nitrogens with one attached hydrogen (secondary N) is 2. The predicted octanol–water partition coefficient (Wildman–Crippen LogP) is -0.191. The molecule has 1 saturated carbocycles. The van der Waals surface area contributed by atoms with Crippen molar-refractivity contribution in [2.24, 2.45) is 5.92 Å². The SMILES string of the molecule is N#CC1CCCC1NC(=O)c1nc(N)n[nH]1. The Balaban J connectivity index is 2.00. The van der Waals surface area contributed by atoms with Crippen molar-refractivity contribution in [1.29, 1.82) is 5.26 Å². The number of nitrogens with zero attached hydrogens (tertiary/aromatic N) is 3. The molecule has 1 aromatic heterocycles. The molecular formula is C9H12N6O. The van der Waals surface area contributed by atoms with Crippen molar-refractivity contribution in [3.8, 4) is 6.07 Å². The molecule has 2 unspecified atom stereocenters. The van der Waals surface area contributed by atoms with Crippen LogP contribution in [0.2, 0.25) is 0 Å². The Morgan fingerprint density at radius 3 is 3.06 bits per heavy atom. The van der Waals surface area contributed by atoms with Crippen LogP contribution in [0.25, 0.3) is 0 Å². The van der Waals surface area contributed by atoms with Crippen molar-refractivity contribution in [3.05, 3.63) is 5.82 Å². The predicted molar refractivity (Wildman–Crippen MR) is 55.0 cm³/mol. The number of carbonyl (C=O) groups excluding carboxylic acids is 1. The Morgan fingerprint density at radius 1 is 1.62 bits per heavy atom. The normalized spacial score (nSPS) is 23.9. The van der Waals surface area contributed by atoms with Crippen LogP contribution in [0.15, 0.2) is 0 Å². The van der Waals surface area contributed by atoms with Crippen LogP contribution in [0.3, 0.4) is 0 Å². The third-order valence-electron chi connectivity index (χ3n) is 2.72. The van der Waals surface area contributed by atoms with Crippen molar-refractivity contribution >= 4 is 11.9 Å². The van der Waals surface area contributed by atoms with Crippen LogP contribution in [0.1, 0.15) is 29.9 Å². The van der Waals surface area contributed by atoms with Gasteiger partial charge >= 0.3 is 0 Å². The van der Waals surface area contributed by atoms with Crippen molar-refractivity contribution in [2.75, 3.05) is 5.73 Å². The number of H-pyrrole nitrogens is 1. The molecule has 0 radical (unpaired) electrons. The lowest BCUT2D eigenvalue weighted by molar-refractivity contribution is 0.0922. The van der Waals surface area contributed by atoms with E-state index in [2.05, 4.69) is 26.6 Å². The summed E-state index contributed by atoms with van der Waals surface area (Å²) < 4.78 is 0. The summed E-state index contributed by atoms with van der Waals surface area (Å²) >= 11 is 0. The van der Waals surface area contributed by atoms with E-state index < -0.39 is 0 Å². The third-order valence-corrected chi connectivity index (χ3v) is 2.72. The fourth-order valence-corrected chi connectivity index (χ4v) is 1.90. The molecule has 2 atom stereocenters. The number of hydrogen-bond donors (Lipinski definition) is 3. The Hall–Kier alpha value is -2.10. The molecule has 1 heterocycles. The number of hydrogen-bond acceptors (Lipinski definition) is 5. The molecule has 0 aromatic carbocycles. The summed E-state index contributed by atoms with van der Waals surface area (Å²) in [6.45, 7) is 0. The van der Waals surface area contributed by atoms with Gasteiger partial charge in [-0.25, -0.2) is 0 Å².